The van der Waals surface area contributed by atoms with Crippen LogP contribution in [-0.2, 0) is 12.8 Å². The molecule has 1 unspecified atom stereocenters. The van der Waals surface area contributed by atoms with Gasteiger partial charge in [-0.2, -0.15) is 0 Å². The van der Waals surface area contributed by atoms with Crippen molar-refractivity contribution in [1.29, 1.82) is 0 Å². The number of fused-ring (bicyclic) bond motifs is 1. The van der Waals surface area contributed by atoms with E-state index in [1.807, 2.05) is 0 Å². The number of halogens is 1. The predicted octanol–water partition coefficient (Wildman–Crippen LogP) is 1.41. The number of aliphatic hydroxyl groups is 1. The molecule has 5 heteroatoms. The molecular formula is C10H14ClN3O. The Kier molecular flexibility index (Phi) is 3.07. The molecule has 82 valence electrons. The molecule has 0 bridgehead atoms. The average molecular weight is 228 g/mol. The molecule has 2 N–H and O–H groups in total. The van der Waals surface area contributed by atoms with E-state index in [0.29, 0.717) is 17.6 Å². The third kappa shape index (κ3) is 2.38. The molecule has 0 spiro atoms. The molecule has 0 fully saturated rings. The van der Waals surface area contributed by atoms with Crippen LogP contribution in [0.4, 0.5) is 5.95 Å². The normalized spacial score (nSPS) is 16.2. The van der Waals surface area contributed by atoms with Gasteiger partial charge in [-0.3, -0.25) is 0 Å². The molecule has 1 aliphatic rings. The molecule has 2 rings (SSSR count). The van der Waals surface area contributed by atoms with Crippen LogP contribution in [0.25, 0.3) is 0 Å². The number of aromatic nitrogens is 2. The van der Waals surface area contributed by atoms with Gasteiger partial charge < -0.3 is 10.4 Å². The standard InChI is InChI=1S/C10H14ClN3O/c1-6(15)5-12-10-13-8-4-2-3-7(8)9(11)14-10/h6,15H,2-5H2,1H3,(H,12,13,14). The third-order valence-electron chi connectivity index (χ3n) is 2.44. The minimum atomic E-state index is -0.416. The van der Waals surface area contributed by atoms with Crippen molar-refractivity contribution in [3.63, 3.8) is 0 Å². The lowest BCUT2D eigenvalue weighted by Gasteiger charge is -2.09. The second-order valence-electron chi connectivity index (χ2n) is 3.85. The summed E-state index contributed by atoms with van der Waals surface area (Å²) < 4.78 is 0. The van der Waals surface area contributed by atoms with E-state index in [4.69, 9.17) is 16.7 Å². The number of nitrogens with one attached hydrogen (secondary N) is 1. The molecule has 0 saturated carbocycles. The quantitative estimate of drug-likeness (QED) is 0.767. The largest absolute Gasteiger partial charge is 0.392 e. The molecule has 15 heavy (non-hydrogen) atoms. The van der Waals surface area contributed by atoms with Crippen LogP contribution in [0, 0.1) is 0 Å². The van der Waals surface area contributed by atoms with E-state index >= 15 is 0 Å². The van der Waals surface area contributed by atoms with Crippen molar-refractivity contribution in [1.82, 2.24) is 9.97 Å². The van der Waals surface area contributed by atoms with Gasteiger partial charge in [0, 0.05) is 12.1 Å². The Morgan fingerprint density at radius 3 is 3.00 bits per heavy atom. The first kappa shape index (κ1) is 10.6. The topological polar surface area (TPSA) is 58.0 Å². The summed E-state index contributed by atoms with van der Waals surface area (Å²) in [7, 11) is 0. The third-order valence-corrected chi connectivity index (χ3v) is 2.75. The molecule has 0 aliphatic heterocycles. The summed E-state index contributed by atoms with van der Waals surface area (Å²) in [5, 5.41) is 12.6. The van der Waals surface area contributed by atoms with E-state index in [-0.39, 0.29) is 0 Å². The summed E-state index contributed by atoms with van der Waals surface area (Å²) in [6, 6.07) is 0. The Morgan fingerprint density at radius 2 is 2.27 bits per heavy atom. The minimum Gasteiger partial charge on any atom is -0.392 e. The van der Waals surface area contributed by atoms with Crippen LogP contribution in [0.5, 0.6) is 0 Å². The molecule has 1 aromatic rings. The number of anilines is 1. The number of nitrogens with zero attached hydrogens (tertiary/aromatic N) is 2. The van der Waals surface area contributed by atoms with Gasteiger partial charge in [0.2, 0.25) is 5.95 Å². The summed E-state index contributed by atoms with van der Waals surface area (Å²) in [6.07, 6.45) is 2.63. The SMILES string of the molecule is CC(O)CNc1nc(Cl)c2c(n1)CCC2. The van der Waals surface area contributed by atoms with Crippen molar-refractivity contribution < 1.29 is 5.11 Å². The molecule has 4 nitrogen and oxygen atoms in total. The lowest BCUT2D eigenvalue weighted by molar-refractivity contribution is 0.208. The van der Waals surface area contributed by atoms with E-state index in [1.54, 1.807) is 6.92 Å². The van der Waals surface area contributed by atoms with E-state index in [2.05, 4.69) is 15.3 Å². The summed E-state index contributed by atoms with van der Waals surface area (Å²) in [4.78, 5) is 8.52. The van der Waals surface area contributed by atoms with Crippen molar-refractivity contribution in [2.24, 2.45) is 0 Å². The summed E-state index contributed by atoms with van der Waals surface area (Å²) >= 11 is 6.04. The molecule has 0 saturated heterocycles. The Bertz CT molecular complexity index is 368. The van der Waals surface area contributed by atoms with Crippen LogP contribution in [0.3, 0.4) is 0 Å². The van der Waals surface area contributed by atoms with Crippen LogP contribution in [-0.4, -0.2) is 27.7 Å². The average Bonchev–Trinajstić information content (AvgIpc) is 2.63. The maximum absolute atomic E-state index is 9.13. The highest BCUT2D eigenvalue weighted by Crippen LogP contribution is 2.26. The van der Waals surface area contributed by atoms with Crippen molar-refractivity contribution in [2.75, 3.05) is 11.9 Å². The van der Waals surface area contributed by atoms with Crippen molar-refractivity contribution >= 4 is 17.5 Å². The van der Waals surface area contributed by atoms with Crippen LogP contribution in [0.2, 0.25) is 5.15 Å². The minimum absolute atomic E-state index is 0.416. The smallest absolute Gasteiger partial charge is 0.224 e. The van der Waals surface area contributed by atoms with Gasteiger partial charge in [0.15, 0.2) is 0 Å². The summed E-state index contributed by atoms with van der Waals surface area (Å²) in [5.41, 5.74) is 2.13. The van der Waals surface area contributed by atoms with Crippen LogP contribution < -0.4 is 5.32 Å². The zero-order valence-electron chi connectivity index (χ0n) is 8.63. The second-order valence-corrected chi connectivity index (χ2v) is 4.20. The van der Waals surface area contributed by atoms with Gasteiger partial charge in [0.1, 0.15) is 5.15 Å². The molecule has 0 radical (unpaired) electrons. The Balaban J connectivity index is 2.16. The molecule has 1 heterocycles. The van der Waals surface area contributed by atoms with E-state index < -0.39 is 6.10 Å². The first-order chi connectivity index (χ1) is 7.16. The van der Waals surface area contributed by atoms with Gasteiger partial charge in [-0.1, -0.05) is 11.6 Å². The van der Waals surface area contributed by atoms with E-state index in [9.17, 15) is 0 Å². The fourth-order valence-corrected chi connectivity index (χ4v) is 1.99. The van der Waals surface area contributed by atoms with Gasteiger partial charge in [-0.05, 0) is 26.2 Å². The number of hydrogen-bond acceptors (Lipinski definition) is 4. The highest BCUT2D eigenvalue weighted by molar-refractivity contribution is 6.30. The molecule has 1 aliphatic carbocycles. The lowest BCUT2D eigenvalue weighted by Crippen LogP contribution is -2.17. The number of rotatable bonds is 3. The number of aliphatic hydroxyl groups excluding tert-OH is 1. The Hall–Kier alpha value is -0.870. The number of hydrogen-bond donors (Lipinski definition) is 2. The van der Waals surface area contributed by atoms with Gasteiger partial charge in [-0.25, -0.2) is 9.97 Å². The molecule has 1 aromatic heterocycles. The maximum atomic E-state index is 9.13. The van der Waals surface area contributed by atoms with E-state index in [1.165, 1.54) is 0 Å². The zero-order valence-corrected chi connectivity index (χ0v) is 9.38. The van der Waals surface area contributed by atoms with Gasteiger partial charge >= 0.3 is 0 Å². The fourth-order valence-electron chi connectivity index (χ4n) is 1.70. The predicted molar refractivity (Wildman–Crippen MR) is 59.2 cm³/mol. The van der Waals surface area contributed by atoms with Gasteiger partial charge in [0.05, 0.1) is 11.8 Å². The van der Waals surface area contributed by atoms with Crippen molar-refractivity contribution in [3.05, 3.63) is 16.4 Å². The Morgan fingerprint density at radius 1 is 1.47 bits per heavy atom. The first-order valence-corrected chi connectivity index (χ1v) is 5.52. The molecule has 0 amide bonds. The molecular weight excluding hydrogens is 214 g/mol. The molecule has 1 atom stereocenters. The van der Waals surface area contributed by atoms with Crippen LogP contribution in [0.1, 0.15) is 24.6 Å². The highest BCUT2D eigenvalue weighted by atomic mass is 35.5. The monoisotopic (exact) mass is 227 g/mol. The second kappa shape index (κ2) is 4.33. The molecule has 0 aromatic carbocycles. The van der Waals surface area contributed by atoms with Crippen molar-refractivity contribution in [2.45, 2.75) is 32.3 Å². The highest BCUT2D eigenvalue weighted by Gasteiger charge is 2.17. The van der Waals surface area contributed by atoms with Crippen LogP contribution in [0.15, 0.2) is 0 Å². The lowest BCUT2D eigenvalue weighted by atomic mass is 10.3. The fraction of sp³-hybridized carbons (Fsp3) is 0.600. The van der Waals surface area contributed by atoms with Gasteiger partial charge in [-0.15, -0.1) is 0 Å². The Labute approximate surface area is 93.7 Å². The number of aryl methyl sites for hydroxylation is 1. The first-order valence-electron chi connectivity index (χ1n) is 5.14. The van der Waals surface area contributed by atoms with E-state index in [0.717, 1.165) is 30.5 Å². The van der Waals surface area contributed by atoms with Crippen molar-refractivity contribution in [3.8, 4) is 0 Å². The summed E-state index contributed by atoms with van der Waals surface area (Å²) in [6.45, 7) is 2.15. The van der Waals surface area contributed by atoms with Gasteiger partial charge in [0.25, 0.3) is 0 Å². The maximum Gasteiger partial charge on any atom is 0.224 e. The summed E-state index contributed by atoms with van der Waals surface area (Å²) in [5.74, 6) is 0.515. The van der Waals surface area contributed by atoms with Crippen LogP contribution >= 0.6 is 11.6 Å². The zero-order chi connectivity index (χ0) is 10.8.